The van der Waals surface area contributed by atoms with Crippen LogP contribution in [0, 0.1) is 18.3 Å². The van der Waals surface area contributed by atoms with Gasteiger partial charge in [-0.1, -0.05) is 0 Å². The molecule has 0 unspecified atom stereocenters. The summed E-state index contributed by atoms with van der Waals surface area (Å²) in [5.74, 6) is 0.621. The van der Waals surface area contributed by atoms with Crippen LogP contribution in [0.2, 0.25) is 0 Å². The van der Waals surface area contributed by atoms with Crippen molar-refractivity contribution in [1.29, 1.82) is 5.26 Å². The van der Waals surface area contributed by atoms with Crippen LogP contribution >= 0.6 is 11.3 Å². The smallest absolute Gasteiger partial charge is 0.148 e. The first kappa shape index (κ1) is 9.69. The lowest BCUT2D eigenvalue weighted by molar-refractivity contribution is 1.25. The number of nitrogens with one attached hydrogen (secondary N) is 1. The van der Waals surface area contributed by atoms with Crippen molar-refractivity contribution in [3.63, 3.8) is 0 Å². The van der Waals surface area contributed by atoms with E-state index >= 15 is 0 Å². The number of aryl methyl sites for hydroxylation is 1. The maximum absolute atomic E-state index is 9.00. The van der Waals surface area contributed by atoms with Gasteiger partial charge in [0.2, 0.25) is 0 Å². The number of nitriles is 1. The molecule has 0 fully saturated rings. The Balaban J connectivity index is 2.37. The largest absolute Gasteiger partial charge is 0.338 e. The van der Waals surface area contributed by atoms with E-state index in [4.69, 9.17) is 5.26 Å². The Kier molecular flexibility index (Phi) is 2.66. The van der Waals surface area contributed by atoms with Crippen molar-refractivity contribution in [2.45, 2.75) is 6.92 Å². The third kappa shape index (κ3) is 1.97. The van der Waals surface area contributed by atoms with Gasteiger partial charge in [-0.15, -0.1) is 0 Å². The van der Waals surface area contributed by atoms with Crippen molar-refractivity contribution in [3.05, 3.63) is 40.2 Å². The van der Waals surface area contributed by atoms with Gasteiger partial charge < -0.3 is 5.32 Å². The van der Waals surface area contributed by atoms with Gasteiger partial charge in [0.1, 0.15) is 11.9 Å². The van der Waals surface area contributed by atoms with Crippen molar-refractivity contribution < 1.29 is 0 Å². The average Bonchev–Trinajstić information content (AvgIpc) is 2.71. The SMILES string of the molecule is Cc1ccnc(Nc2ccsc2)c1C#N. The third-order valence-electron chi connectivity index (χ3n) is 2.06. The zero-order valence-electron chi connectivity index (χ0n) is 8.19. The van der Waals surface area contributed by atoms with Crippen LogP contribution in [0.4, 0.5) is 11.5 Å². The lowest BCUT2D eigenvalue weighted by atomic mass is 10.1. The van der Waals surface area contributed by atoms with E-state index in [9.17, 15) is 0 Å². The van der Waals surface area contributed by atoms with E-state index in [0.717, 1.165) is 11.3 Å². The number of hydrogen-bond acceptors (Lipinski definition) is 4. The molecule has 4 heteroatoms. The van der Waals surface area contributed by atoms with E-state index in [2.05, 4.69) is 16.4 Å². The van der Waals surface area contributed by atoms with Gasteiger partial charge in [0.25, 0.3) is 0 Å². The Morgan fingerprint density at radius 2 is 2.33 bits per heavy atom. The molecule has 2 rings (SSSR count). The summed E-state index contributed by atoms with van der Waals surface area (Å²) in [5.41, 5.74) is 2.50. The Morgan fingerprint density at radius 3 is 3.00 bits per heavy atom. The quantitative estimate of drug-likeness (QED) is 0.837. The Morgan fingerprint density at radius 1 is 1.47 bits per heavy atom. The van der Waals surface area contributed by atoms with Crippen LogP contribution in [0.15, 0.2) is 29.1 Å². The van der Waals surface area contributed by atoms with E-state index in [1.807, 2.05) is 29.8 Å². The van der Waals surface area contributed by atoms with E-state index < -0.39 is 0 Å². The van der Waals surface area contributed by atoms with Crippen molar-refractivity contribution in [2.75, 3.05) is 5.32 Å². The highest BCUT2D eigenvalue weighted by Crippen LogP contribution is 2.21. The summed E-state index contributed by atoms with van der Waals surface area (Å²) in [7, 11) is 0. The van der Waals surface area contributed by atoms with Gasteiger partial charge in [-0.3, -0.25) is 0 Å². The van der Waals surface area contributed by atoms with Crippen molar-refractivity contribution in [3.8, 4) is 6.07 Å². The fraction of sp³-hybridized carbons (Fsp3) is 0.0909. The molecule has 2 aromatic rings. The third-order valence-corrected chi connectivity index (χ3v) is 2.74. The van der Waals surface area contributed by atoms with Crippen LogP contribution in [0.1, 0.15) is 11.1 Å². The first-order chi connectivity index (χ1) is 7.31. The highest BCUT2D eigenvalue weighted by molar-refractivity contribution is 7.08. The Labute approximate surface area is 92.0 Å². The lowest BCUT2D eigenvalue weighted by Crippen LogP contribution is -1.97. The van der Waals surface area contributed by atoms with Crippen LogP contribution in [0.3, 0.4) is 0 Å². The van der Waals surface area contributed by atoms with Crippen molar-refractivity contribution in [2.24, 2.45) is 0 Å². The average molecular weight is 215 g/mol. The van der Waals surface area contributed by atoms with Crippen LogP contribution in [0.25, 0.3) is 0 Å². The van der Waals surface area contributed by atoms with Gasteiger partial charge in [0.15, 0.2) is 0 Å². The number of pyridine rings is 1. The molecule has 0 aliphatic carbocycles. The van der Waals surface area contributed by atoms with Gasteiger partial charge in [-0.05, 0) is 30.0 Å². The second-order valence-corrected chi connectivity index (χ2v) is 3.88. The summed E-state index contributed by atoms with van der Waals surface area (Å²) in [6.07, 6.45) is 1.70. The normalized spacial score (nSPS) is 9.60. The number of anilines is 2. The summed E-state index contributed by atoms with van der Waals surface area (Å²) in [5, 5.41) is 16.1. The summed E-state index contributed by atoms with van der Waals surface area (Å²) in [4.78, 5) is 4.16. The van der Waals surface area contributed by atoms with Crippen LogP contribution in [0.5, 0.6) is 0 Å². The number of thiophene rings is 1. The van der Waals surface area contributed by atoms with Crippen molar-refractivity contribution in [1.82, 2.24) is 4.98 Å². The van der Waals surface area contributed by atoms with Gasteiger partial charge in [0, 0.05) is 11.6 Å². The fourth-order valence-corrected chi connectivity index (χ4v) is 1.85. The first-order valence-electron chi connectivity index (χ1n) is 4.46. The van der Waals surface area contributed by atoms with Gasteiger partial charge in [0.05, 0.1) is 11.3 Å². The minimum absolute atomic E-state index is 0.601. The van der Waals surface area contributed by atoms with Gasteiger partial charge in [-0.2, -0.15) is 16.6 Å². The zero-order chi connectivity index (χ0) is 10.7. The minimum Gasteiger partial charge on any atom is -0.338 e. The highest BCUT2D eigenvalue weighted by atomic mass is 32.1. The molecule has 74 valence electrons. The van der Waals surface area contributed by atoms with Gasteiger partial charge in [-0.25, -0.2) is 4.98 Å². The molecule has 15 heavy (non-hydrogen) atoms. The molecule has 0 aromatic carbocycles. The van der Waals surface area contributed by atoms with E-state index in [-0.39, 0.29) is 0 Å². The second-order valence-electron chi connectivity index (χ2n) is 3.10. The number of nitrogens with zero attached hydrogens (tertiary/aromatic N) is 2. The predicted molar refractivity (Wildman–Crippen MR) is 61.3 cm³/mol. The highest BCUT2D eigenvalue weighted by Gasteiger charge is 2.06. The molecule has 0 saturated heterocycles. The van der Waals surface area contributed by atoms with Crippen LogP contribution in [-0.2, 0) is 0 Å². The molecule has 0 bridgehead atoms. The van der Waals surface area contributed by atoms with Crippen molar-refractivity contribution >= 4 is 22.8 Å². The molecule has 1 N–H and O–H groups in total. The molecule has 0 aliphatic rings. The molecule has 3 nitrogen and oxygen atoms in total. The summed E-state index contributed by atoms with van der Waals surface area (Å²) < 4.78 is 0. The molecular formula is C11H9N3S. The minimum atomic E-state index is 0.601. The maximum atomic E-state index is 9.00. The Hall–Kier alpha value is -1.86. The zero-order valence-corrected chi connectivity index (χ0v) is 9.01. The molecule has 2 aromatic heterocycles. The second kappa shape index (κ2) is 4.11. The fourth-order valence-electron chi connectivity index (χ4n) is 1.27. The monoisotopic (exact) mass is 215 g/mol. The summed E-state index contributed by atoms with van der Waals surface area (Å²) in [6, 6.07) is 5.94. The summed E-state index contributed by atoms with van der Waals surface area (Å²) >= 11 is 1.60. The predicted octanol–water partition coefficient (Wildman–Crippen LogP) is 3.07. The maximum Gasteiger partial charge on any atom is 0.148 e. The molecule has 0 amide bonds. The number of hydrogen-bond donors (Lipinski definition) is 1. The molecule has 2 heterocycles. The number of aromatic nitrogens is 1. The number of rotatable bonds is 2. The van der Waals surface area contributed by atoms with E-state index in [1.54, 1.807) is 17.5 Å². The molecular weight excluding hydrogens is 206 g/mol. The Bertz CT molecular complexity index is 497. The van der Waals surface area contributed by atoms with Gasteiger partial charge >= 0.3 is 0 Å². The summed E-state index contributed by atoms with van der Waals surface area (Å²) in [6.45, 7) is 1.90. The van der Waals surface area contributed by atoms with E-state index in [0.29, 0.717) is 11.4 Å². The molecule has 0 aliphatic heterocycles. The first-order valence-corrected chi connectivity index (χ1v) is 5.40. The van der Waals surface area contributed by atoms with Crippen LogP contribution in [-0.4, -0.2) is 4.98 Å². The van der Waals surface area contributed by atoms with E-state index in [1.165, 1.54) is 0 Å². The molecule has 0 saturated carbocycles. The molecule has 0 spiro atoms. The standard InChI is InChI=1S/C11H9N3S/c1-8-2-4-13-11(10(8)6-12)14-9-3-5-15-7-9/h2-5,7H,1H3,(H,13,14). The topological polar surface area (TPSA) is 48.7 Å². The molecule has 0 radical (unpaired) electrons. The van der Waals surface area contributed by atoms with Crippen LogP contribution < -0.4 is 5.32 Å². The molecule has 0 atom stereocenters. The lowest BCUT2D eigenvalue weighted by Gasteiger charge is -2.06.